The maximum absolute atomic E-state index is 9.79. The number of benzene rings is 1. The number of halogens is 1. The van der Waals surface area contributed by atoms with Crippen molar-refractivity contribution in [2.75, 3.05) is 0 Å². The van der Waals surface area contributed by atoms with Gasteiger partial charge in [0.1, 0.15) is 16.8 Å². The Hall–Kier alpha value is -3.04. The molecule has 0 spiro atoms. The van der Waals surface area contributed by atoms with Crippen LogP contribution >= 0.6 is 11.6 Å². The lowest BCUT2D eigenvalue weighted by atomic mass is 9.79. The van der Waals surface area contributed by atoms with E-state index in [4.69, 9.17) is 22.1 Å². The second-order valence-electron chi connectivity index (χ2n) is 7.55. The molecule has 1 atom stereocenters. The summed E-state index contributed by atoms with van der Waals surface area (Å²) < 4.78 is 5.62. The van der Waals surface area contributed by atoms with E-state index in [0.29, 0.717) is 22.2 Å². The molecule has 6 nitrogen and oxygen atoms in total. The molecule has 0 amide bonds. The fourth-order valence-corrected chi connectivity index (χ4v) is 3.69. The maximum atomic E-state index is 9.79. The summed E-state index contributed by atoms with van der Waals surface area (Å²) in [7, 11) is 0. The third-order valence-corrected chi connectivity index (χ3v) is 5.01. The zero-order valence-electron chi connectivity index (χ0n) is 15.2. The number of pyridine rings is 1. The van der Waals surface area contributed by atoms with Crippen molar-refractivity contribution in [3.8, 4) is 11.9 Å². The number of nitrogens with one attached hydrogen (secondary N) is 1. The monoisotopic (exact) mass is 379 g/mol. The summed E-state index contributed by atoms with van der Waals surface area (Å²) in [4.78, 5) is 4.51. The predicted octanol–water partition coefficient (Wildman–Crippen LogP) is 4.13. The molecule has 3 N–H and O–H groups in total. The van der Waals surface area contributed by atoms with Gasteiger partial charge in [-0.05, 0) is 12.1 Å². The van der Waals surface area contributed by atoms with Gasteiger partial charge in [-0.2, -0.15) is 5.26 Å². The molecule has 0 radical (unpaired) electrons. The second kappa shape index (κ2) is 6.00. The molecule has 1 aliphatic heterocycles. The molecule has 0 saturated carbocycles. The van der Waals surface area contributed by atoms with Crippen LogP contribution in [0.3, 0.4) is 0 Å². The molecule has 3 aromatic rings. The molecule has 3 heterocycles. The number of rotatable bonds is 1. The van der Waals surface area contributed by atoms with Gasteiger partial charge in [0, 0.05) is 22.1 Å². The van der Waals surface area contributed by atoms with E-state index in [-0.39, 0.29) is 11.3 Å². The summed E-state index contributed by atoms with van der Waals surface area (Å²) in [5.74, 6) is -0.104. The van der Waals surface area contributed by atoms with Crippen LogP contribution in [0.2, 0.25) is 5.15 Å². The SMILES string of the molecule is CC(C)(C)c1[nH]nc2c1[C@@H](c1cc3ccccc3nc1Cl)C(C#N)=C(N)O2. The Kier molecular flexibility index (Phi) is 3.86. The highest BCUT2D eigenvalue weighted by Gasteiger charge is 2.39. The lowest BCUT2D eigenvalue weighted by Crippen LogP contribution is -2.24. The molecule has 136 valence electrons. The highest BCUT2D eigenvalue weighted by Crippen LogP contribution is 2.47. The first-order valence-corrected chi connectivity index (χ1v) is 8.90. The maximum Gasteiger partial charge on any atom is 0.244 e. The molecular weight excluding hydrogens is 362 g/mol. The van der Waals surface area contributed by atoms with Gasteiger partial charge in [0.25, 0.3) is 0 Å². The van der Waals surface area contributed by atoms with Gasteiger partial charge in [0.2, 0.25) is 11.8 Å². The Bertz CT molecular complexity index is 1130. The first-order chi connectivity index (χ1) is 12.8. The van der Waals surface area contributed by atoms with Gasteiger partial charge in [0.15, 0.2) is 0 Å². The van der Waals surface area contributed by atoms with E-state index in [9.17, 15) is 5.26 Å². The number of allylic oxidation sites excluding steroid dienone is 1. The van der Waals surface area contributed by atoms with Crippen molar-refractivity contribution in [3.05, 3.63) is 63.8 Å². The molecule has 27 heavy (non-hydrogen) atoms. The standard InChI is InChI=1S/C20H18ClN5O/c1-20(2,3)16-15-14(12(9-22)18(23)27-19(15)26-25-16)11-8-10-6-4-5-7-13(10)24-17(11)21/h4-8,14H,23H2,1-3H3,(H,25,26)/t14-/m0/s1. The highest BCUT2D eigenvalue weighted by atomic mass is 35.5. The Morgan fingerprint density at radius 1 is 1.30 bits per heavy atom. The highest BCUT2D eigenvalue weighted by molar-refractivity contribution is 6.30. The van der Waals surface area contributed by atoms with Crippen LogP contribution in [0.4, 0.5) is 0 Å². The van der Waals surface area contributed by atoms with Crippen molar-refractivity contribution in [1.82, 2.24) is 15.2 Å². The third-order valence-electron chi connectivity index (χ3n) is 4.70. The fraction of sp³-hybridized carbons (Fsp3) is 0.250. The first kappa shape index (κ1) is 17.4. The zero-order chi connectivity index (χ0) is 19.3. The Morgan fingerprint density at radius 2 is 2.04 bits per heavy atom. The summed E-state index contributed by atoms with van der Waals surface area (Å²) in [5, 5.41) is 18.4. The lowest BCUT2D eigenvalue weighted by Gasteiger charge is -2.27. The number of hydrogen-bond acceptors (Lipinski definition) is 5. The number of aromatic amines is 1. The van der Waals surface area contributed by atoms with Crippen molar-refractivity contribution < 1.29 is 4.74 Å². The molecule has 0 unspecified atom stereocenters. The molecular formula is C20H18ClN5O. The molecule has 4 rings (SSSR count). The minimum Gasteiger partial charge on any atom is -0.420 e. The molecule has 1 aromatic carbocycles. The Balaban J connectivity index is 2.03. The number of para-hydroxylation sites is 1. The number of nitrogens with two attached hydrogens (primary N) is 1. The van der Waals surface area contributed by atoms with Crippen molar-refractivity contribution >= 4 is 22.5 Å². The van der Waals surface area contributed by atoms with Crippen LogP contribution in [0.1, 0.15) is 43.5 Å². The van der Waals surface area contributed by atoms with Crippen LogP contribution in [-0.2, 0) is 5.41 Å². The van der Waals surface area contributed by atoms with Crippen LogP contribution in [0, 0.1) is 11.3 Å². The number of aromatic nitrogens is 3. The van der Waals surface area contributed by atoms with Crippen molar-refractivity contribution in [3.63, 3.8) is 0 Å². The van der Waals surface area contributed by atoms with E-state index in [0.717, 1.165) is 22.2 Å². The van der Waals surface area contributed by atoms with Crippen molar-refractivity contribution in [2.24, 2.45) is 5.73 Å². The molecule has 7 heteroatoms. The Labute approximate surface area is 161 Å². The summed E-state index contributed by atoms with van der Waals surface area (Å²) >= 11 is 6.55. The van der Waals surface area contributed by atoms with Crippen LogP contribution in [0.25, 0.3) is 10.9 Å². The van der Waals surface area contributed by atoms with Gasteiger partial charge in [-0.15, -0.1) is 5.10 Å². The van der Waals surface area contributed by atoms with Crippen LogP contribution in [0.15, 0.2) is 41.8 Å². The van der Waals surface area contributed by atoms with E-state index in [1.54, 1.807) is 0 Å². The number of ether oxygens (including phenoxy) is 1. The van der Waals surface area contributed by atoms with E-state index >= 15 is 0 Å². The van der Waals surface area contributed by atoms with E-state index < -0.39 is 5.92 Å². The van der Waals surface area contributed by atoms with Gasteiger partial charge in [-0.25, -0.2) is 4.98 Å². The summed E-state index contributed by atoms with van der Waals surface area (Å²) in [6.45, 7) is 6.18. The normalized spacial score (nSPS) is 16.8. The average Bonchev–Trinajstić information content (AvgIpc) is 3.03. The summed E-state index contributed by atoms with van der Waals surface area (Å²) in [5.41, 5.74) is 9.21. The van der Waals surface area contributed by atoms with E-state index in [1.807, 2.05) is 30.3 Å². The fourth-order valence-electron chi connectivity index (χ4n) is 3.44. The minimum absolute atomic E-state index is 0.0335. The number of nitrogens with zero attached hydrogens (tertiary/aromatic N) is 3. The number of nitriles is 1. The quantitative estimate of drug-likeness (QED) is 0.619. The van der Waals surface area contributed by atoms with Gasteiger partial charge < -0.3 is 10.5 Å². The largest absolute Gasteiger partial charge is 0.420 e. The average molecular weight is 380 g/mol. The number of fused-ring (bicyclic) bond motifs is 2. The summed E-state index contributed by atoms with van der Waals surface area (Å²) in [6.07, 6.45) is 0. The van der Waals surface area contributed by atoms with Gasteiger partial charge in [-0.1, -0.05) is 50.6 Å². The van der Waals surface area contributed by atoms with Gasteiger partial charge in [-0.3, -0.25) is 5.10 Å². The summed E-state index contributed by atoms with van der Waals surface area (Å²) in [6, 6.07) is 11.8. The predicted molar refractivity (Wildman–Crippen MR) is 103 cm³/mol. The molecule has 1 aliphatic rings. The topological polar surface area (TPSA) is 101 Å². The van der Waals surface area contributed by atoms with Crippen molar-refractivity contribution in [1.29, 1.82) is 5.26 Å². The van der Waals surface area contributed by atoms with Crippen LogP contribution < -0.4 is 10.5 Å². The first-order valence-electron chi connectivity index (χ1n) is 8.52. The molecule has 0 aliphatic carbocycles. The van der Waals surface area contributed by atoms with Crippen molar-refractivity contribution in [2.45, 2.75) is 32.1 Å². The number of H-pyrrole nitrogens is 1. The lowest BCUT2D eigenvalue weighted by molar-refractivity contribution is 0.378. The zero-order valence-corrected chi connectivity index (χ0v) is 15.9. The van der Waals surface area contributed by atoms with Crippen LogP contribution in [-0.4, -0.2) is 15.2 Å². The van der Waals surface area contributed by atoms with E-state index in [2.05, 4.69) is 42.0 Å². The van der Waals surface area contributed by atoms with Gasteiger partial charge in [0.05, 0.1) is 17.0 Å². The minimum atomic E-state index is -0.503. The third kappa shape index (κ3) is 2.71. The number of hydrogen-bond donors (Lipinski definition) is 2. The second-order valence-corrected chi connectivity index (χ2v) is 7.91. The van der Waals surface area contributed by atoms with E-state index in [1.165, 1.54) is 0 Å². The van der Waals surface area contributed by atoms with Crippen LogP contribution in [0.5, 0.6) is 5.88 Å². The molecule has 0 fully saturated rings. The molecule has 0 saturated heterocycles. The Morgan fingerprint density at radius 3 is 2.74 bits per heavy atom. The molecule has 0 bridgehead atoms. The molecule has 2 aromatic heterocycles. The van der Waals surface area contributed by atoms with Gasteiger partial charge >= 0.3 is 0 Å². The smallest absolute Gasteiger partial charge is 0.244 e.